The van der Waals surface area contributed by atoms with Crippen LogP contribution in [0.15, 0.2) is 48.5 Å². The van der Waals surface area contributed by atoms with Crippen LogP contribution in [-0.2, 0) is 0 Å². The van der Waals surface area contributed by atoms with Crippen LogP contribution in [0.5, 0.6) is 0 Å². The van der Waals surface area contributed by atoms with Gasteiger partial charge in [0.1, 0.15) is 5.82 Å². The molecule has 4 nitrogen and oxygen atoms in total. The van der Waals surface area contributed by atoms with E-state index in [1.807, 2.05) is 32.0 Å². The number of nitrogens with zero attached hydrogens (tertiary/aromatic N) is 2. The van der Waals surface area contributed by atoms with Crippen LogP contribution in [0.25, 0.3) is 16.9 Å². The van der Waals surface area contributed by atoms with Crippen molar-refractivity contribution >= 4 is 5.97 Å². The number of hydrogen-bond acceptors (Lipinski definition) is 2. The summed E-state index contributed by atoms with van der Waals surface area (Å²) in [6.07, 6.45) is 0. The van der Waals surface area contributed by atoms with Crippen LogP contribution in [0.3, 0.4) is 0 Å². The van der Waals surface area contributed by atoms with Crippen molar-refractivity contribution in [3.8, 4) is 16.9 Å². The van der Waals surface area contributed by atoms with Gasteiger partial charge in [-0.05, 0) is 67.4 Å². The summed E-state index contributed by atoms with van der Waals surface area (Å²) in [5.74, 6) is -1.44. The second-order valence-corrected chi connectivity index (χ2v) is 5.48. The van der Waals surface area contributed by atoms with Gasteiger partial charge in [0.15, 0.2) is 5.69 Å². The average Bonchev–Trinajstić information content (AvgIpc) is 2.92. The van der Waals surface area contributed by atoms with E-state index in [1.165, 1.54) is 18.2 Å². The zero-order valence-corrected chi connectivity index (χ0v) is 12.7. The molecule has 0 unspecified atom stereocenters. The topological polar surface area (TPSA) is 55.1 Å². The van der Waals surface area contributed by atoms with E-state index in [2.05, 4.69) is 5.10 Å². The van der Waals surface area contributed by atoms with Crippen molar-refractivity contribution < 1.29 is 14.3 Å². The minimum atomic E-state index is -1.10. The number of aromatic carboxylic acids is 1. The molecule has 3 aromatic rings. The largest absolute Gasteiger partial charge is 0.476 e. The molecule has 0 fully saturated rings. The maximum Gasteiger partial charge on any atom is 0.356 e. The normalized spacial score (nSPS) is 10.7. The van der Waals surface area contributed by atoms with E-state index >= 15 is 0 Å². The van der Waals surface area contributed by atoms with Gasteiger partial charge in [0.2, 0.25) is 0 Å². The third-order valence-corrected chi connectivity index (χ3v) is 3.52. The highest BCUT2D eigenvalue weighted by Crippen LogP contribution is 2.25. The van der Waals surface area contributed by atoms with Gasteiger partial charge in [0.25, 0.3) is 0 Å². The summed E-state index contributed by atoms with van der Waals surface area (Å²) in [6.45, 7) is 3.94. The first-order valence-electron chi connectivity index (χ1n) is 7.12. The fourth-order valence-electron chi connectivity index (χ4n) is 2.58. The van der Waals surface area contributed by atoms with Gasteiger partial charge in [-0.25, -0.2) is 13.9 Å². The Morgan fingerprint density at radius 1 is 1.04 bits per heavy atom. The molecule has 0 atom stereocenters. The number of aromatic nitrogens is 2. The second kappa shape index (κ2) is 5.68. The van der Waals surface area contributed by atoms with E-state index in [-0.39, 0.29) is 11.5 Å². The number of halogens is 1. The molecule has 0 aliphatic carbocycles. The predicted octanol–water partition coefficient (Wildman–Crippen LogP) is 3.99. The lowest BCUT2D eigenvalue weighted by atomic mass is 10.1. The maximum atomic E-state index is 13.1. The predicted molar refractivity (Wildman–Crippen MR) is 85.4 cm³/mol. The number of carboxylic acids is 1. The molecule has 0 saturated carbocycles. The van der Waals surface area contributed by atoms with E-state index in [9.17, 15) is 14.3 Å². The molecule has 0 spiro atoms. The molecule has 23 heavy (non-hydrogen) atoms. The first-order chi connectivity index (χ1) is 10.9. The van der Waals surface area contributed by atoms with Crippen LogP contribution < -0.4 is 0 Å². The molecule has 0 radical (unpaired) electrons. The number of hydrogen-bond donors (Lipinski definition) is 1. The van der Waals surface area contributed by atoms with Crippen molar-refractivity contribution in [3.63, 3.8) is 0 Å². The summed E-state index contributed by atoms with van der Waals surface area (Å²) in [7, 11) is 0. The van der Waals surface area contributed by atoms with Crippen molar-refractivity contribution in [1.29, 1.82) is 0 Å². The van der Waals surface area contributed by atoms with Gasteiger partial charge in [0, 0.05) is 5.56 Å². The van der Waals surface area contributed by atoms with Gasteiger partial charge < -0.3 is 5.11 Å². The van der Waals surface area contributed by atoms with E-state index in [1.54, 1.807) is 16.8 Å². The lowest BCUT2D eigenvalue weighted by Gasteiger charge is -2.09. The molecule has 5 heteroatoms. The summed E-state index contributed by atoms with van der Waals surface area (Å²) in [5, 5.41) is 13.4. The lowest BCUT2D eigenvalue weighted by molar-refractivity contribution is 0.0690. The highest BCUT2D eigenvalue weighted by Gasteiger charge is 2.16. The van der Waals surface area contributed by atoms with Gasteiger partial charge in [0.05, 0.1) is 11.4 Å². The first kappa shape index (κ1) is 15.0. The molecule has 3 rings (SSSR count). The third kappa shape index (κ3) is 2.99. The van der Waals surface area contributed by atoms with Crippen molar-refractivity contribution in [2.75, 3.05) is 0 Å². The summed E-state index contributed by atoms with van der Waals surface area (Å²) >= 11 is 0. The highest BCUT2D eigenvalue weighted by atomic mass is 19.1. The molecule has 1 heterocycles. The van der Waals surface area contributed by atoms with Crippen LogP contribution >= 0.6 is 0 Å². The van der Waals surface area contributed by atoms with Gasteiger partial charge in [-0.3, -0.25) is 0 Å². The molecule has 2 aromatic carbocycles. The highest BCUT2D eigenvalue weighted by molar-refractivity contribution is 5.87. The Hall–Kier alpha value is -2.95. The minimum Gasteiger partial charge on any atom is -0.476 e. The molecule has 0 bridgehead atoms. The zero-order chi connectivity index (χ0) is 16.6. The maximum absolute atomic E-state index is 13.1. The molecule has 1 aromatic heterocycles. The SMILES string of the molecule is Cc1cc(C)cc(-n2nc(C(=O)O)cc2-c2ccc(F)cc2)c1. The Bertz CT molecular complexity index is 862. The number of carbonyl (C=O) groups is 1. The van der Waals surface area contributed by atoms with Gasteiger partial charge in [-0.2, -0.15) is 5.10 Å². The Balaban J connectivity index is 2.22. The molecule has 1 N–H and O–H groups in total. The van der Waals surface area contributed by atoms with Crippen LogP contribution in [-0.4, -0.2) is 20.9 Å². The number of benzene rings is 2. The van der Waals surface area contributed by atoms with Gasteiger partial charge in [-0.15, -0.1) is 0 Å². The van der Waals surface area contributed by atoms with Crippen LogP contribution in [0.1, 0.15) is 21.6 Å². The summed E-state index contributed by atoms with van der Waals surface area (Å²) in [6, 6.07) is 13.3. The second-order valence-electron chi connectivity index (χ2n) is 5.48. The lowest BCUT2D eigenvalue weighted by Crippen LogP contribution is -2.03. The van der Waals surface area contributed by atoms with Crippen molar-refractivity contribution in [2.24, 2.45) is 0 Å². The Kier molecular flexibility index (Phi) is 3.70. The number of rotatable bonds is 3. The van der Waals surface area contributed by atoms with E-state index in [4.69, 9.17) is 0 Å². The molecule has 0 amide bonds. The Morgan fingerprint density at radius 2 is 1.65 bits per heavy atom. The Morgan fingerprint density at radius 3 is 2.22 bits per heavy atom. The third-order valence-electron chi connectivity index (χ3n) is 3.52. The monoisotopic (exact) mass is 310 g/mol. The van der Waals surface area contributed by atoms with Crippen LogP contribution in [0.2, 0.25) is 0 Å². The molecule has 0 aliphatic heterocycles. The van der Waals surface area contributed by atoms with Crippen molar-refractivity contribution in [1.82, 2.24) is 9.78 Å². The van der Waals surface area contributed by atoms with Gasteiger partial charge in [-0.1, -0.05) is 6.07 Å². The van der Waals surface area contributed by atoms with Crippen LogP contribution in [0.4, 0.5) is 4.39 Å². The smallest absolute Gasteiger partial charge is 0.356 e. The standard InChI is InChI=1S/C18H15FN2O2/c1-11-7-12(2)9-15(8-11)21-17(10-16(20-21)18(22)23)13-3-5-14(19)6-4-13/h3-10H,1-2H3,(H,22,23). The fourth-order valence-corrected chi connectivity index (χ4v) is 2.58. The fraction of sp³-hybridized carbons (Fsp3) is 0.111. The van der Waals surface area contributed by atoms with E-state index in [0.717, 1.165) is 16.8 Å². The molecular weight excluding hydrogens is 295 g/mol. The summed E-state index contributed by atoms with van der Waals surface area (Å²) < 4.78 is 14.7. The molecule has 0 aliphatic rings. The number of carboxylic acid groups (broad SMARTS) is 1. The van der Waals surface area contributed by atoms with Crippen molar-refractivity contribution in [3.05, 3.63) is 71.2 Å². The summed E-state index contributed by atoms with van der Waals surface area (Å²) in [5.41, 5.74) is 4.13. The first-order valence-corrected chi connectivity index (χ1v) is 7.12. The number of aryl methyl sites for hydroxylation is 2. The van der Waals surface area contributed by atoms with E-state index in [0.29, 0.717) is 11.3 Å². The minimum absolute atomic E-state index is 0.0523. The Labute approximate surface area is 132 Å². The van der Waals surface area contributed by atoms with Crippen LogP contribution in [0, 0.1) is 19.7 Å². The van der Waals surface area contributed by atoms with Gasteiger partial charge >= 0.3 is 5.97 Å². The molecular formula is C18H15FN2O2. The molecule has 116 valence electrons. The molecule has 0 saturated heterocycles. The average molecular weight is 310 g/mol. The zero-order valence-electron chi connectivity index (χ0n) is 12.7. The quantitative estimate of drug-likeness (QED) is 0.795. The van der Waals surface area contributed by atoms with E-state index < -0.39 is 5.97 Å². The summed E-state index contributed by atoms with van der Waals surface area (Å²) in [4.78, 5) is 11.3. The van der Waals surface area contributed by atoms with Crippen molar-refractivity contribution in [2.45, 2.75) is 13.8 Å².